The number of carbonyl (C=O) groups is 2. The Hall–Kier alpha value is -1.36. The maximum atomic E-state index is 12.3. The molecule has 0 spiro atoms. The van der Waals surface area contributed by atoms with E-state index in [0.29, 0.717) is 0 Å². The van der Waals surface area contributed by atoms with Gasteiger partial charge in [-0.2, -0.15) is 0 Å². The van der Waals surface area contributed by atoms with Crippen molar-refractivity contribution in [1.82, 2.24) is 5.32 Å². The van der Waals surface area contributed by atoms with Crippen molar-refractivity contribution in [3.8, 4) is 0 Å². The van der Waals surface area contributed by atoms with Gasteiger partial charge in [-0.15, -0.1) is 11.3 Å². The number of nitrogens with one attached hydrogen (secondary N) is 1. The number of rotatable bonds is 4. The zero-order chi connectivity index (χ0) is 14.0. The SMILES string of the molecule is CC(NC(=O)C1CCCc2sccc21)C(C)C(=O)O. The first-order valence-corrected chi connectivity index (χ1v) is 7.48. The molecule has 2 N–H and O–H groups in total. The van der Waals surface area contributed by atoms with E-state index in [9.17, 15) is 9.59 Å². The van der Waals surface area contributed by atoms with Gasteiger partial charge in [0.15, 0.2) is 0 Å². The molecule has 5 heteroatoms. The highest BCUT2D eigenvalue weighted by atomic mass is 32.1. The maximum absolute atomic E-state index is 12.3. The lowest BCUT2D eigenvalue weighted by Gasteiger charge is -2.25. The average molecular weight is 281 g/mol. The van der Waals surface area contributed by atoms with Crippen molar-refractivity contribution in [2.75, 3.05) is 0 Å². The summed E-state index contributed by atoms with van der Waals surface area (Å²) >= 11 is 1.70. The minimum Gasteiger partial charge on any atom is -0.481 e. The van der Waals surface area contributed by atoms with E-state index in [1.165, 1.54) is 4.88 Å². The molecule has 0 fully saturated rings. The fraction of sp³-hybridized carbons (Fsp3) is 0.571. The van der Waals surface area contributed by atoms with Crippen molar-refractivity contribution in [3.05, 3.63) is 21.9 Å². The Morgan fingerprint density at radius 2 is 2.21 bits per heavy atom. The van der Waals surface area contributed by atoms with Gasteiger partial charge in [0.05, 0.1) is 11.8 Å². The van der Waals surface area contributed by atoms with E-state index in [2.05, 4.69) is 5.32 Å². The Labute approximate surface area is 116 Å². The van der Waals surface area contributed by atoms with Crippen LogP contribution < -0.4 is 5.32 Å². The molecule has 2 rings (SSSR count). The van der Waals surface area contributed by atoms with E-state index in [-0.39, 0.29) is 17.9 Å². The summed E-state index contributed by atoms with van der Waals surface area (Å²) in [6, 6.07) is 1.67. The summed E-state index contributed by atoms with van der Waals surface area (Å²) in [7, 11) is 0. The predicted molar refractivity (Wildman–Crippen MR) is 74.4 cm³/mol. The molecule has 1 aromatic heterocycles. The van der Waals surface area contributed by atoms with E-state index in [1.807, 2.05) is 11.4 Å². The predicted octanol–water partition coefficient (Wildman–Crippen LogP) is 2.39. The van der Waals surface area contributed by atoms with Gasteiger partial charge in [-0.05, 0) is 50.1 Å². The zero-order valence-electron chi connectivity index (χ0n) is 11.2. The van der Waals surface area contributed by atoms with Crippen LogP contribution in [-0.2, 0) is 16.0 Å². The summed E-state index contributed by atoms with van der Waals surface area (Å²) in [6.07, 6.45) is 2.93. The minimum absolute atomic E-state index is 0.0417. The minimum atomic E-state index is -0.882. The van der Waals surface area contributed by atoms with Gasteiger partial charge in [-0.3, -0.25) is 9.59 Å². The van der Waals surface area contributed by atoms with Crippen LogP contribution in [0.15, 0.2) is 11.4 Å². The van der Waals surface area contributed by atoms with Gasteiger partial charge in [0, 0.05) is 10.9 Å². The molecule has 1 aromatic rings. The van der Waals surface area contributed by atoms with Crippen molar-refractivity contribution in [3.63, 3.8) is 0 Å². The van der Waals surface area contributed by atoms with Crippen LogP contribution in [0.3, 0.4) is 0 Å². The Morgan fingerprint density at radius 3 is 2.89 bits per heavy atom. The number of carbonyl (C=O) groups excluding carboxylic acids is 1. The number of fused-ring (bicyclic) bond motifs is 1. The molecule has 1 aliphatic carbocycles. The topological polar surface area (TPSA) is 66.4 Å². The molecule has 4 nitrogen and oxygen atoms in total. The first kappa shape index (κ1) is 14.1. The molecule has 0 saturated carbocycles. The Kier molecular flexibility index (Phi) is 4.24. The van der Waals surface area contributed by atoms with Crippen LogP contribution in [0.4, 0.5) is 0 Å². The fourth-order valence-corrected chi connectivity index (χ4v) is 3.41. The van der Waals surface area contributed by atoms with Crippen molar-refractivity contribution >= 4 is 23.2 Å². The van der Waals surface area contributed by atoms with Crippen molar-refractivity contribution in [2.24, 2.45) is 5.92 Å². The second-order valence-electron chi connectivity index (χ2n) is 5.17. The highest BCUT2D eigenvalue weighted by molar-refractivity contribution is 7.10. The molecule has 3 atom stereocenters. The van der Waals surface area contributed by atoms with Gasteiger partial charge in [-0.1, -0.05) is 0 Å². The molecule has 19 heavy (non-hydrogen) atoms. The number of aryl methyl sites for hydroxylation is 1. The van der Waals surface area contributed by atoms with Crippen molar-refractivity contribution in [1.29, 1.82) is 0 Å². The number of aliphatic carboxylic acids is 1. The quantitative estimate of drug-likeness (QED) is 0.890. The molecule has 104 valence electrons. The molecular weight excluding hydrogens is 262 g/mol. The van der Waals surface area contributed by atoms with Gasteiger partial charge >= 0.3 is 5.97 Å². The van der Waals surface area contributed by atoms with E-state index in [0.717, 1.165) is 24.8 Å². The van der Waals surface area contributed by atoms with E-state index >= 15 is 0 Å². The van der Waals surface area contributed by atoms with Gasteiger partial charge in [0.2, 0.25) is 5.91 Å². The highest BCUT2D eigenvalue weighted by Crippen LogP contribution is 2.35. The summed E-state index contributed by atoms with van der Waals surface area (Å²) < 4.78 is 0. The third kappa shape index (κ3) is 2.97. The molecule has 0 bridgehead atoms. The van der Waals surface area contributed by atoms with Crippen LogP contribution in [0, 0.1) is 5.92 Å². The van der Waals surface area contributed by atoms with Crippen LogP contribution in [0.2, 0.25) is 0 Å². The lowest BCUT2D eigenvalue weighted by atomic mass is 9.86. The third-order valence-electron chi connectivity index (χ3n) is 3.88. The number of carboxylic acid groups (broad SMARTS) is 1. The molecule has 0 aromatic carbocycles. The normalized spacial score (nSPS) is 21.3. The highest BCUT2D eigenvalue weighted by Gasteiger charge is 2.29. The molecule has 0 aliphatic heterocycles. The van der Waals surface area contributed by atoms with Crippen LogP contribution in [-0.4, -0.2) is 23.0 Å². The summed E-state index contributed by atoms with van der Waals surface area (Å²) in [6.45, 7) is 3.36. The van der Waals surface area contributed by atoms with Gasteiger partial charge in [0.1, 0.15) is 0 Å². The van der Waals surface area contributed by atoms with Crippen molar-refractivity contribution in [2.45, 2.75) is 45.1 Å². The summed E-state index contributed by atoms with van der Waals surface area (Å²) in [5, 5.41) is 13.8. The molecule has 0 radical (unpaired) electrons. The van der Waals surface area contributed by atoms with Gasteiger partial charge < -0.3 is 10.4 Å². The van der Waals surface area contributed by atoms with E-state index < -0.39 is 11.9 Å². The number of thiophene rings is 1. The van der Waals surface area contributed by atoms with E-state index in [1.54, 1.807) is 25.2 Å². The Morgan fingerprint density at radius 1 is 1.47 bits per heavy atom. The molecule has 1 aliphatic rings. The number of carboxylic acids is 1. The largest absolute Gasteiger partial charge is 0.481 e. The lowest BCUT2D eigenvalue weighted by molar-refractivity contribution is -0.142. The zero-order valence-corrected chi connectivity index (χ0v) is 12.0. The lowest BCUT2D eigenvalue weighted by Crippen LogP contribution is -2.42. The number of amides is 1. The fourth-order valence-electron chi connectivity index (χ4n) is 2.42. The third-order valence-corrected chi connectivity index (χ3v) is 4.87. The average Bonchev–Trinajstić information content (AvgIpc) is 2.85. The molecular formula is C14H19NO3S. The molecule has 1 heterocycles. The van der Waals surface area contributed by atoms with Crippen LogP contribution in [0.1, 0.15) is 43.0 Å². The summed E-state index contributed by atoms with van der Waals surface area (Å²) in [4.78, 5) is 24.5. The maximum Gasteiger partial charge on any atom is 0.308 e. The molecule has 0 saturated heterocycles. The van der Waals surface area contributed by atoms with Crippen molar-refractivity contribution < 1.29 is 14.7 Å². The first-order chi connectivity index (χ1) is 9.00. The first-order valence-electron chi connectivity index (χ1n) is 6.60. The number of hydrogen-bond donors (Lipinski definition) is 2. The monoisotopic (exact) mass is 281 g/mol. The number of hydrogen-bond acceptors (Lipinski definition) is 3. The van der Waals surface area contributed by atoms with Crippen LogP contribution >= 0.6 is 11.3 Å². The van der Waals surface area contributed by atoms with Gasteiger partial charge in [-0.25, -0.2) is 0 Å². The Bertz CT molecular complexity index is 483. The second-order valence-corrected chi connectivity index (χ2v) is 6.17. The standard InChI is InChI=1S/C14H19NO3S/c1-8(14(17)18)9(2)15-13(16)11-4-3-5-12-10(11)6-7-19-12/h6-9,11H,3-5H2,1-2H3,(H,15,16)(H,17,18). The second kappa shape index (κ2) is 5.74. The summed E-state index contributed by atoms with van der Waals surface area (Å²) in [5.41, 5.74) is 1.13. The Balaban J connectivity index is 2.04. The van der Waals surface area contributed by atoms with Crippen LogP contribution in [0.25, 0.3) is 0 Å². The summed E-state index contributed by atoms with van der Waals surface area (Å²) in [5.74, 6) is -1.61. The van der Waals surface area contributed by atoms with E-state index in [4.69, 9.17) is 5.11 Å². The smallest absolute Gasteiger partial charge is 0.308 e. The molecule has 1 amide bonds. The van der Waals surface area contributed by atoms with Gasteiger partial charge in [0.25, 0.3) is 0 Å². The molecule has 3 unspecified atom stereocenters. The van der Waals surface area contributed by atoms with Crippen LogP contribution in [0.5, 0.6) is 0 Å².